The van der Waals surface area contributed by atoms with Gasteiger partial charge in [-0.1, -0.05) is 36.8 Å². The molecule has 0 aromatic heterocycles. The molecule has 109 valence electrons. The van der Waals surface area contributed by atoms with Crippen LogP contribution < -0.4 is 0 Å². The first-order valence-electron chi connectivity index (χ1n) is 7.83. The van der Waals surface area contributed by atoms with E-state index in [1.807, 2.05) is 0 Å². The van der Waals surface area contributed by atoms with Gasteiger partial charge < -0.3 is 9.47 Å². The monoisotopic (exact) mass is 273 g/mol. The highest BCUT2D eigenvalue weighted by atomic mass is 16.7. The van der Waals surface area contributed by atoms with E-state index in [0.717, 1.165) is 24.7 Å². The molecular formula is C18H25O2. The van der Waals surface area contributed by atoms with Crippen LogP contribution in [0.4, 0.5) is 0 Å². The maximum atomic E-state index is 5.97. The fourth-order valence-corrected chi connectivity index (χ4v) is 3.31. The van der Waals surface area contributed by atoms with Crippen molar-refractivity contribution in [3.8, 4) is 0 Å². The van der Waals surface area contributed by atoms with E-state index in [-0.39, 0.29) is 6.29 Å². The molecule has 1 aromatic rings. The molecule has 1 aromatic carbocycles. The van der Waals surface area contributed by atoms with E-state index in [1.54, 1.807) is 5.92 Å². The van der Waals surface area contributed by atoms with Gasteiger partial charge in [0.2, 0.25) is 0 Å². The van der Waals surface area contributed by atoms with Crippen LogP contribution in [0.25, 0.3) is 0 Å². The lowest BCUT2D eigenvalue weighted by atomic mass is 9.76. The lowest BCUT2D eigenvalue weighted by Crippen LogP contribution is -2.33. The van der Waals surface area contributed by atoms with E-state index >= 15 is 0 Å². The van der Waals surface area contributed by atoms with E-state index in [0.29, 0.717) is 5.92 Å². The first-order chi connectivity index (χ1) is 9.72. The van der Waals surface area contributed by atoms with Crippen LogP contribution in [0.15, 0.2) is 24.3 Å². The number of benzene rings is 1. The Bertz CT molecular complexity index is 410. The van der Waals surface area contributed by atoms with E-state index in [1.165, 1.54) is 31.2 Å². The van der Waals surface area contributed by atoms with E-state index in [9.17, 15) is 0 Å². The third kappa shape index (κ3) is 3.24. The molecule has 1 heterocycles. The summed E-state index contributed by atoms with van der Waals surface area (Å²) < 4.78 is 11.9. The summed E-state index contributed by atoms with van der Waals surface area (Å²) in [4.78, 5) is 0. The quantitative estimate of drug-likeness (QED) is 0.793. The van der Waals surface area contributed by atoms with Gasteiger partial charge in [-0.05, 0) is 44.4 Å². The van der Waals surface area contributed by atoms with Gasteiger partial charge in [-0.3, -0.25) is 0 Å². The molecule has 0 unspecified atom stereocenters. The first-order valence-corrected chi connectivity index (χ1v) is 7.83. The van der Waals surface area contributed by atoms with Gasteiger partial charge in [0.25, 0.3) is 0 Å². The Labute approximate surface area is 122 Å². The third-order valence-electron chi connectivity index (χ3n) is 4.82. The normalized spacial score (nSPS) is 29.5. The molecule has 1 radical (unpaired) electrons. The third-order valence-corrected chi connectivity index (χ3v) is 4.82. The lowest BCUT2D eigenvalue weighted by Gasteiger charge is -2.37. The smallest absolute Gasteiger partial charge is 0.183 e. The van der Waals surface area contributed by atoms with Crippen LogP contribution in [0.2, 0.25) is 0 Å². The summed E-state index contributed by atoms with van der Waals surface area (Å²) in [5.41, 5.74) is 2.41. The molecule has 1 aliphatic carbocycles. The molecule has 0 amide bonds. The van der Waals surface area contributed by atoms with Crippen LogP contribution in [0, 0.1) is 24.7 Å². The predicted octanol–water partition coefficient (Wildman–Crippen LogP) is 4.44. The van der Waals surface area contributed by atoms with Crippen molar-refractivity contribution in [3.63, 3.8) is 0 Å². The van der Waals surface area contributed by atoms with Crippen molar-refractivity contribution in [2.75, 3.05) is 13.2 Å². The fraction of sp³-hybridized carbons (Fsp3) is 0.611. The lowest BCUT2D eigenvalue weighted by molar-refractivity contribution is -0.214. The maximum absolute atomic E-state index is 5.97. The van der Waals surface area contributed by atoms with Crippen LogP contribution in [-0.2, 0) is 9.47 Å². The van der Waals surface area contributed by atoms with Gasteiger partial charge in [0.15, 0.2) is 6.29 Å². The van der Waals surface area contributed by atoms with Crippen LogP contribution in [0.1, 0.15) is 50.0 Å². The second kappa shape index (κ2) is 6.28. The van der Waals surface area contributed by atoms with Crippen molar-refractivity contribution < 1.29 is 9.47 Å². The highest BCUT2D eigenvalue weighted by Crippen LogP contribution is 2.37. The molecule has 20 heavy (non-hydrogen) atoms. The van der Waals surface area contributed by atoms with Gasteiger partial charge in [-0.25, -0.2) is 0 Å². The maximum Gasteiger partial charge on any atom is 0.183 e. The minimum atomic E-state index is -0.163. The second-order valence-electron chi connectivity index (χ2n) is 6.46. The molecule has 1 saturated carbocycles. The highest BCUT2D eigenvalue weighted by molar-refractivity contribution is 5.22. The number of hydrogen-bond donors (Lipinski definition) is 0. The Hall–Kier alpha value is -0.860. The standard InChI is InChI=1S/C18H25O2/c1-13-3-7-15(8-4-13)17-11-19-18(20-12-17)16-9-5-14(2)6-10-16/h5-6,9-10,15,17-18H,3-4,7-8,11-12H2,1-2H3. The number of aryl methyl sites for hydroxylation is 1. The van der Waals surface area contributed by atoms with Crippen LogP contribution in [0.5, 0.6) is 0 Å². The predicted molar refractivity (Wildman–Crippen MR) is 80.2 cm³/mol. The zero-order chi connectivity index (χ0) is 13.9. The molecule has 2 heteroatoms. The Morgan fingerprint density at radius 3 is 2.05 bits per heavy atom. The molecule has 1 saturated heterocycles. The number of ether oxygens (including phenoxy) is 2. The molecule has 3 rings (SSSR count). The minimum absolute atomic E-state index is 0.163. The fourth-order valence-electron chi connectivity index (χ4n) is 3.31. The molecule has 0 atom stereocenters. The SMILES string of the molecule is C[C]1CCC(C2COC(c3ccc(C)cc3)OC2)CC1. The van der Waals surface area contributed by atoms with Gasteiger partial charge in [-0.15, -0.1) is 0 Å². The van der Waals surface area contributed by atoms with Gasteiger partial charge in [0.1, 0.15) is 0 Å². The summed E-state index contributed by atoms with van der Waals surface area (Å²) in [6.07, 6.45) is 5.06. The number of hydrogen-bond acceptors (Lipinski definition) is 2. The summed E-state index contributed by atoms with van der Waals surface area (Å²) in [6, 6.07) is 8.46. The summed E-state index contributed by atoms with van der Waals surface area (Å²) in [7, 11) is 0. The van der Waals surface area contributed by atoms with Crippen LogP contribution in [-0.4, -0.2) is 13.2 Å². The minimum Gasteiger partial charge on any atom is -0.348 e. The summed E-state index contributed by atoms with van der Waals surface area (Å²) in [5.74, 6) is 3.04. The van der Waals surface area contributed by atoms with Crippen LogP contribution >= 0.6 is 0 Å². The topological polar surface area (TPSA) is 18.5 Å². The Balaban J connectivity index is 1.53. The number of rotatable bonds is 2. The zero-order valence-corrected chi connectivity index (χ0v) is 12.6. The van der Waals surface area contributed by atoms with E-state index < -0.39 is 0 Å². The van der Waals surface area contributed by atoms with Crippen LogP contribution in [0.3, 0.4) is 0 Å². The van der Waals surface area contributed by atoms with Crippen molar-refractivity contribution in [3.05, 3.63) is 41.3 Å². The van der Waals surface area contributed by atoms with Gasteiger partial charge in [0, 0.05) is 11.5 Å². The highest BCUT2D eigenvalue weighted by Gasteiger charge is 2.31. The molecule has 0 N–H and O–H groups in total. The van der Waals surface area contributed by atoms with Gasteiger partial charge >= 0.3 is 0 Å². The zero-order valence-electron chi connectivity index (χ0n) is 12.6. The average molecular weight is 273 g/mol. The Kier molecular flexibility index (Phi) is 4.42. The second-order valence-corrected chi connectivity index (χ2v) is 6.46. The van der Waals surface area contributed by atoms with E-state index in [2.05, 4.69) is 38.1 Å². The van der Waals surface area contributed by atoms with Crippen molar-refractivity contribution >= 4 is 0 Å². The molecule has 2 aliphatic rings. The van der Waals surface area contributed by atoms with Crippen molar-refractivity contribution in [1.29, 1.82) is 0 Å². The molecular weight excluding hydrogens is 248 g/mol. The van der Waals surface area contributed by atoms with Gasteiger partial charge in [-0.2, -0.15) is 0 Å². The first kappa shape index (κ1) is 14.1. The molecule has 0 spiro atoms. The summed E-state index contributed by atoms with van der Waals surface area (Å²) in [6.45, 7) is 6.09. The summed E-state index contributed by atoms with van der Waals surface area (Å²) >= 11 is 0. The van der Waals surface area contributed by atoms with Crippen molar-refractivity contribution in [2.24, 2.45) is 11.8 Å². The molecule has 2 nitrogen and oxygen atoms in total. The average Bonchev–Trinajstić information content (AvgIpc) is 2.49. The molecule has 1 aliphatic heterocycles. The molecule has 2 fully saturated rings. The Morgan fingerprint density at radius 2 is 1.45 bits per heavy atom. The van der Waals surface area contributed by atoms with Gasteiger partial charge in [0.05, 0.1) is 13.2 Å². The van der Waals surface area contributed by atoms with Crippen molar-refractivity contribution in [2.45, 2.75) is 45.8 Å². The van der Waals surface area contributed by atoms with Crippen molar-refractivity contribution in [1.82, 2.24) is 0 Å². The van der Waals surface area contributed by atoms with E-state index in [4.69, 9.17) is 9.47 Å². The Morgan fingerprint density at radius 1 is 0.850 bits per heavy atom. The summed E-state index contributed by atoms with van der Waals surface area (Å²) in [5, 5.41) is 0. The largest absolute Gasteiger partial charge is 0.348 e. The molecule has 0 bridgehead atoms.